The number of hydrogen-bond donors (Lipinski definition) is 0. The summed E-state index contributed by atoms with van der Waals surface area (Å²) in [6.07, 6.45) is 24.5. The minimum Gasteiger partial charge on any atom is -0.0312 e. The Balaban J connectivity index is 0.000000528. The summed E-state index contributed by atoms with van der Waals surface area (Å²) in [5.74, 6) is 4.65. The van der Waals surface area contributed by atoms with Crippen LogP contribution in [0.25, 0.3) is 12.2 Å². The third-order valence-electron chi connectivity index (χ3n) is 3.99. The van der Waals surface area contributed by atoms with Crippen LogP contribution in [-0.2, 0) is 26.4 Å². The summed E-state index contributed by atoms with van der Waals surface area (Å²) in [5, 5.41) is 1.41. The molecule has 0 atom stereocenters. The zero-order valence-corrected chi connectivity index (χ0v) is 19.5. The number of rotatable bonds is 1. The maximum atomic E-state index is 7.50. The first kappa shape index (κ1) is 30.3. The Kier molecular flexibility index (Phi) is 20.1. The van der Waals surface area contributed by atoms with Crippen LogP contribution in [0.5, 0.6) is 0 Å². The molecule has 11 radical (unpaired) electrons. The summed E-state index contributed by atoms with van der Waals surface area (Å²) in [6.45, 7) is 9.00. The second kappa shape index (κ2) is 21.2. The van der Waals surface area contributed by atoms with Crippen molar-refractivity contribution in [3.8, 4) is 0 Å². The average Bonchev–Trinajstić information content (AvgIpc) is 3.60. The molecule has 0 amide bonds. The Labute approximate surface area is 206 Å². The largest absolute Gasteiger partial charge is 0.0312 e. The van der Waals surface area contributed by atoms with Crippen LogP contribution in [0, 0.1) is 77.5 Å². The summed E-state index contributed by atoms with van der Waals surface area (Å²) in [5.41, 5.74) is 2.62. The summed E-state index contributed by atoms with van der Waals surface area (Å²) in [7, 11) is -0.301. The number of fused-ring (bicyclic) bond motifs is 1. The van der Waals surface area contributed by atoms with Gasteiger partial charge >= 0.3 is 22.6 Å². The van der Waals surface area contributed by atoms with E-state index >= 15 is 0 Å². The van der Waals surface area contributed by atoms with Gasteiger partial charge in [0, 0.05) is 17.1 Å². The summed E-state index contributed by atoms with van der Waals surface area (Å²) in [6, 6.07) is 19.2. The molecule has 1 heterocycles. The Morgan fingerprint density at radius 1 is 0.469 bits per heavy atom. The van der Waals surface area contributed by atoms with Gasteiger partial charge < -0.3 is 0 Å². The molecule has 0 aromatic heterocycles. The standard InChI is InChI=1S/C16H13P.2C5H5.2CO.Mn/c1-2-8-16(9-3-1)17-12-10-14-6-4-5-7-15(14)11-13-17;2*1-2-4-5-3-1;2*1-2;/h1-13H;2*1-5H;;;. The predicted octanol–water partition coefficient (Wildman–Crippen LogP) is 6.41. The molecule has 0 spiro atoms. The van der Waals surface area contributed by atoms with Gasteiger partial charge in [-0.25, -0.2) is 0 Å². The van der Waals surface area contributed by atoms with Crippen LogP contribution in [0.15, 0.2) is 66.2 Å². The van der Waals surface area contributed by atoms with E-state index < -0.39 is 0 Å². The molecule has 5 rings (SSSR count). The van der Waals surface area contributed by atoms with Crippen molar-refractivity contribution in [2.24, 2.45) is 0 Å². The first-order valence-corrected chi connectivity index (χ1v) is 10.9. The van der Waals surface area contributed by atoms with E-state index in [1.54, 1.807) is 0 Å². The Morgan fingerprint density at radius 3 is 1.12 bits per heavy atom. The third kappa shape index (κ3) is 12.4. The molecule has 2 aliphatic carbocycles. The van der Waals surface area contributed by atoms with Crippen molar-refractivity contribution in [1.82, 2.24) is 0 Å². The number of benzene rings is 2. The molecular weight excluding hydrogens is 454 g/mol. The van der Waals surface area contributed by atoms with Crippen molar-refractivity contribution in [3.63, 3.8) is 0 Å². The second-order valence-electron chi connectivity index (χ2n) is 5.93. The molecule has 0 unspecified atom stereocenters. The van der Waals surface area contributed by atoms with Gasteiger partial charge in [-0.05, 0) is 88.6 Å². The molecule has 159 valence electrons. The minimum absolute atomic E-state index is 0. The maximum Gasteiger partial charge on any atom is 0 e. The van der Waals surface area contributed by atoms with E-state index in [0.717, 1.165) is 0 Å². The third-order valence-corrected chi connectivity index (χ3v) is 5.83. The molecule has 32 heavy (non-hydrogen) atoms. The van der Waals surface area contributed by atoms with Crippen LogP contribution in [0.1, 0.15) is 11.1 Å². The molecule has 2 fully saturated rings. The van der Waals surface area contributed by atoms with Crippen molar-refractivity contribution in [1.29, 1.82) is 0 Å². The van der Waals surface area contributed by atoms with Crippen molar-refractivity contribution in [2.75, 3.05) is 0 Å². The fourth-order valence-electron chi connectivity index (χ4n) is 2.60. The molecule has 3 aliphatic rings. The van der Waals surface area contributed by atoms with Gasteiger partial charge in [0.1, 0.15) is 0 Å². The number of hydrogen-bond acceptors (Lipinski definition) is 0. The predicted molar refractivity (Wildman–Crippen MR) is 128 cm³/mol. The normalized spacial score (nSPS) is 15.2. The molecule has 2 aromatic carbocycles. The van der Waals surface area contributed by atoms with E-state index in [4.69, 9.17) is 9.30 Å². The quantitative estimate of drug-likeness (QED) is 0.197. The fraction of sp³-hybridized carbons (Fsp3) is 0. The van der Waals surface area contributed by atoms with Gasteiger partial charge in [-0.3, -0.25) is 0 Å². The van der Waals surface area contributed by atoms with Gasteiger partial charge in [0.2, 0.25) is 0 Å². The van der Waals surface area contributed by atoms with Gasteiger partial charge in [0.05, 0.1) is 0 Å². The molecule has 2 saturated carbocycles. The zero-order valence-electron chi connectivity index (χ0n) is 17.4. The summed E-state index contributed by atoms with van der Waals surface area (Å²) in [4.78, 5) is 0. The fourth-order valence-corrected chi connectivity index (χ4v) is 4.20. The molecule has 2 aromatic rings. The van der Waals surface area contributed by atoms with E-state index in [0.29, 0.717) is 0 Å². The van der Waals surface area contributed by atoms with Crippen LogP contribution in [0.3, 0.4) is 0 Å². The first-order chi connectivity index (χ1) is 15.4. The van der Waals surface area contributed by atoms with Gasteiger partial charge in [-0.1, -0.05) is 78.4 Å². The van der Waals surface area contributed by atoms with Crippen molar-refractivity contribution >= 4 is 25.4 Å². The van der Waals surface area contributed by atoms with Crippen LogP contribution >= 0.6 is 7.92 Å². The first-order valence-electron chi connectivity index (χ1n) is 9.46. The maximum absolute atomic E-state index is 7.50. The molecule has 0 bridgehead atoms. The van der Waals surface area contributed by atoms with Crippen LogP contribution in [0.2, 0.25) is 0 Å². The topological polar surface area (TPSA) is 39.8 Å². The van der Waals surface area contributed by atoms with E-state index in [2.05, 4.69) is 91.7 Å². The van der Waals surface area contributed by atoms with E-state index in [1.165, 1.54) is 16.4 Å². The Bertz CT molecular complexity index is 739. The van der Waals surface area contributed by atoms with Gasteiger partial charge in [0.25, 0.3) is 0 Å². The van der Waals surface area contributed by atoms with Crippen LogP contribution in [-0.4, -0.2) is 0 Å². The van der Waals surface area contributed by atoms with E-state index in [1.807, 2.05) is 64.2 Å². The van der Waals surface area contributed by atoms with Crippen LogP contribution < -0.4 is 5.30 Å². The summed E-state index contributed by atoms with van der Waals surface area (Å²) >= 11 is 0. The van der Waals surface area contributed by atoms with Gasteiger partial charge in [0.15, 0.2) is 0 Å². The second-order valence-corrected chi connectivity index (χ2v) is 7.85. The van der Waals surface area contributed by atoms with Crippen molar-refractivity contribution in [2.45, 2.75) is 0 Å². The Morgan fingerprint density at radius 2 is 0.781 bits per heavy atom. The molecule has 0 saturated heterocycles. The molecule has 2 nitrogen and oxygen atoms in total. The van der Waals surface area contributed by atoms with Gasteiger partial charge in [-0.2, -0.15) is 0 Å². The van der Waals surface area contributed by atoms with Crippen LogP contribution in [0.4, 0.5) is 0 Å². The molecule has 1 aliphatic heterocycles. The van der Waals surface area contributed by atoms with E-state index in [9.17, 15) is 0 Å². The van der Waals surface area contributed by atoms with E-state index in [-0.39, 0.29) is 25.0 Å². The van der Waals surface area contributed by atoms with Crippen molar-refractivity contribution in [3.05, 3.63) is 155 Å². The smallest absolute Gasteiger partial charge is 0 e. The summed E-state index contributed by atoms with van der Waals surface area (Å²) < 4.78 is 15.0. The SMILES string of the molecule is C1=CP(c2ccccc2)C=Cc2ccccc21.[C-]#[O+].[C-]#[O+].[CH]1[CH][CH][CH][CH]1.[CH]1[CH][CH][CH][CH]1.[Mn]. The zero-order chi connectivity index (χ0) is 22.6. The minimum atomic E-state index is -0.301. The van der Waals surface area contributed by atoms with Crippen molar-refractivity contribution < 1.29 is 26.4 Å². The van der Waals surface area contributed by atoms with Gasteiger partial charge in [-0.15, -0.1) is 0 Å². The molecule has 4 heteroatoms. The molecule has 0 N–H and O–H groups in total. The Hall–Kier alpha value is -1.65. The average molecular weight is 477 g/mol. The monoisotopic (exact) mass is 477 g/mol. The molecular formula is C28H23MnO2P.